The Bertz CT molecular complexity index is 432. The number of hydrogen-bond donors (Lipinski definition) is 2. The second-order valence-corrected chi connectivity index (χ2v) is 4.19. The molecule has 106 valence electrons. The number of benzene rings is 1. The van der Waals surface area contributed by atoms with E-state index in [9.17, 15) is 18.0 Å². The first kappa shape index (κ1) is 15.5. The zero-order valence-electron chi connectivity index (χ0n) is 10.5. The molecule has 0 aliphatic carbocycles. The lowest BCUT2D eigenvalue weighted by atomic mass is 9.97. The molecule has 0 radical (unpaired) electrons. The number of carbonyl (C=O) groups is 1. The van der Waals surface area contributed by atoms with Crippen molar-refractivity contribution in [3.8, 4) is 0 Å². The zero-order valence-corrected chi connectivity index (χ0v) is 10.5. The maximum absolute atomic E-state index is 12.9. The summed E-state index contributed by atoms with van der Waals surface area (Å²) in [5, 5.41) is 11.7. The number of hydrogen-bond acceptors (Lipinski definition) is 2. The molecule has 19 heavy (non-hydrogen) atoms. The maximum Gasteiger partial charge on any atom is 0.416 e. The van der Waals surface area contributed by atoms with Gasteiger partial charge in [-0.1, -0.05) is 25.1 Å². The predicted molar refractivity (Wildman–Crippen MR) is 64.7 cm³/mol. The average molecular weight is 275 g/mol. The normalized spacial score (nSPS) is 13.3. The van der Waals surface area contributed by atoms with Crippen LogP contribution in [0.15, 0.2) is 24.3 Å². The van der Waals surface area contributed by atoms with Crippen molar-refractivity contribution in [2.45, 2.75) is 32.0 Å². The molecule has 1 rings (SSSR count). The van der Waals surface area contributed by atoms with Crippen LogP contribution in [0, 0.1) is 0 Å². The highest BCUT2D eigenvalue weighted by atomic mass is 19.4. The number of carboxylic acids is 1. The van der Waals surface area contributed by atoms with Gasteiger partial charge in [0, 0.05) is 6.04 Å². The van der Waals surface area contributed by atoms with E-state index >= 15 is 0 Å². The van der Waals surface area contributed by atoms with Gasteiger partial charge in [-0.3, -0.25) is 4.79 Å². The molecule has 0 saturated carbocycles. The molecule has 3 nitrogen and oxygen atoms in total. The van der Waals surface area contributed by atoms with E-state index in [-0.39, 0.29) is 12.0 Å². The highest BCUT2D eigenvalue weighted by Gasteiger charge is 2.35. The molecule has 0 amide bonds. The van der Waals surface area contributed by atoms with E-state index in [1.54, 1.807) is 0 Å². The molecule has 1 aromatic rings. The Labute approximate surface area is 109 Å². The topological polar surface area (TPSA) is 49.3 Å². The summed E-state index contributed by atoms with van der Waals surface area (Å²) in [6.45, 7) is 2.32. The average Bonchev–Trinajstić information content (AvgIpc) is 2.33. The number of nitrogens with one attached hydrogen (secondary N) is 1. The summed E-state index contributed by atoms with van der Waals surface area (Å²) in [4.78, 5) is 10.8. The van der Waals surface area contributed by atoms with Gasteiger partial charge in [0.15, 0.2) is 0 Å². The van der Waals surface area contributed by atoms with E-state index in [1.165, 1.54) is 18.2 Å². The van der Waals surface area contributed by atoms with Crippen LogP contribution in [0.25, 0.3) is 0 Å². The molecule has 0 saturated heterocycles. The van der Waals surface area contributed by atoms with E-state index in [0.717, 1.165) is 6.07 Å². The smallest absolute Gasteiger partial charge is 0.416 e. The van der Waals surface area contributed by atoms with Gasteiger partial charge in [0.05, 0.1) is 12.0 Å². The van der Waals surface area contributed by atoms with Crippen molar-refractivity contribution in [3.05, 3.63) is 35.4 Å². The van der Waals surface area contributed by atoms with Crippen LogP contribution in [-0.2, 0) is 11.0 Å². The van der Waals surface area contributed by atoms with Crippen LogP contribution in [-0.4, -0.2) is 17.6 Å². The van der Waals surface area contributed by atoms with Gasteiger partial charge in [-0.05, 0) is 24.6 Å². The van der Waals surface area contributed by atoms with Gasteiger partial charge in [0.25, 0.3) is 0 Å². The summed E-state index contributed by atoms with van der Waals surface area (Å²) in [5.74, 6) is -1.13. The molecule has 1 atom stereocenters. The van der Waals surface area contributed by atoms with E-state index in [0.29, 0.717) is 13.0 Å². The number of rotatable bonds is 6. The highest BCUT2D eigenvalue weighted by Crippen LogP contribution is 2.35. The highest BCUT2D eigenvalue weighted by molar-refractivity contribution is 5.68. The molecule has 0 aliphatic heterocycles. The van der Waals surface area contributed by atoms with Crippen LogP contribution < -0.4 is 5.32 Å². The second-order valence-electron chi connectivity index (χ2n) is 4.19. The van der Waals surface area contributed by atoms with Gasteiger partial charge in [0.1, 0.15) is 0 Å². The van der Waals surface area contributed by atoms with Crippen LogP contribution in [0.5, 0.6) is 0 Å². The van der Waals surface area contributed by atoms with Crippen molar-refractivity contribution in [1.29, 1.82) is 0 Å². The van der Waals surface area contributed by atoms with Gasteiger partial charge < -0.3 is 10.4 Å². The molecule has 6 heteroatoms. The molecule has 1 aromatic carbocycles. The van der Waals surface area contributed by atoms with Gasteiger partial charge >= 0.3 is 12.1 Å². The van der Waals surface area contributed by atoms with Crippen molar-refractivity contribution < 1.29 is 23.1 Å². The maximum atomic E-state index is 12.9. The SMILES string of the molecule is CCCNC(CC(=O)O)c1ccccc1C(F)(F)F. The number of aliphatic carboxylic acids is 1. The molecule has 0 aliphatic rings. The Hall–Kier alpha value is -1.56. The van der Waals surface area contributed by atoms with Crippen molar-refractivity contribution in [3.63, 3.8) is 0 Å². The van der Waals surface area contributed by atoms with Gasteiger partial charge in [-0.2, -0.15) is 13.2 Å². The number of alkyl halides is 3. The minimum absolute atomic E-state index is 0.0224. The first-order chi connectivity index (χ1) is 8.86. The summed E-state index contributed by atoms with van der Waals surface area (Å²) < 4.78 is 38.7. The Balaban J connectivity index is 3.10. The Morgan fingerprint density at radius 3 is 2.53 bits per heavy atom. The first-order valence-electron chi connectivity index (χ1n) is 5.97. The third-order valence-electron chi connectivity index (χ3n) is 2.66. The molecular formula is C13H16F3NO2. The molecule has 2 N–H and O–H groups in total. The van der Waals surface area contributed by atoms with Crippen LogP contribution >= 0.6 is 0 Å². The fourth-order valence-corrected chi connectivity index (χ4v) is 1.84. The van der Waals surface area contributed by atoms with Crippen LogP contribution in [0.4, 0.5) is 13.2 Å². The Kier molecular flexibility index (Phi) is 5.35. The Morgan fingerprint density at radius 2 is 2.00 bits per heavy atom. The molecule has 0 bridgehead atoms. The van der Waals surface area contributed by atoms with Crippen molar-refractivity contribution in [1.82, 2.24) is 5.32 Å². The van der Waals surface area contributed by atoms with E-state index < -0.39 is 23.8 Å². The van der Waals surface area contributed by atoms with Crippen LogP contribution in [0.3, 0.4) is 0 Å². The fourth-order valence-electron chi connectivity index (χ4n) is 1.84. The molecule has 0 spiro atoms. The van der Waals surface area contributed by atoms with Crippen molar-refractivity contribution in [2.24, 2.45) is 0 Å². The first-order valence-corrected chi connectivity index (χ1v) is 5.97. The van der Waals surface area contributed by atoms with E-state index in [2.05, 4.69) is 5.32 Å². The molecule has 0 aromatic heterocycles. The van der Waals surface area contributed by atoms with Crippen molar-refractivity contribution in [2.75, 3.05) is 6.54 Å². The lowest BCUT2D eigenvalue weighted by molar-refractivity contribution is -0.141. The summed E-state index contributed by atoms with van der Waals surface area (Å²) >= 11 is 0. The minimum Gasteiger partial charge on any atom is -0.481 e. The fraction of sp³-hybridized carbons (Fsp3) is 0.462. The van der Waals surface area contributed by atoms with Gasteiger partial charge in [-0.15, -0.1) is 0 Å². The Morgan fingerprint density at radius 1 is 1.37 bits per heavy atom. The third-order valence-corrected chi connectivity index (χ3v) is 2.66. The third kappa shape index (κ3) is 4.55. The van der Waals surface area contributed by atoms with Crippen molar-refractivity contribution >= 4 is 5.97 Å². The summed E-state index contributed by atoms with van der Waals surface area (Å²) in [7, 11) is 0. The van der Waals surface area contributed by atoms with E-state index in [4.69, 9.17) is 5.11 Å². The predicted octanol–water partition coefficient (Wildman–Crippen LogP) is 3.22. The quantitative estimate of drug-likeness (QED) is 0.838. The number of halogens is 3. The molecule has 0 heterocycles. The number of carboxylic acid groups (broad SMARTS) is 1. The summed E-state index contributed by atoms with van der Waals surface area (Å²) in [5.41, 5.74) is -0.810. The lowest BCUT2D eigenvalue weighted by Gasteiger charge is -2.21. The second kappa shape index (κ2) is 6.56. The standard InChI is InChI=1S/C13H16F3NO2/c1-2-7-17-11(8-12(18)19)9-5-3-4-6-10(9)13(14,15)16/h3-6,11,17H,2,7-8H2,1H3,(H,18,19). The van der Waals surface area contributed by atoms with E-state index in [1.807, 2.05) is 6.92 Å². The molecular weight excluding hydrogens is 259 g/mol. The molecule has 0 fully saturated rings. The minimum atomic E-state index is -4.48. The summed E-state index contributed by atoms with van der Waals surface area (Å²) in [6, 6.07) is 4.23. The molecule has 1 unspecified atom stereocenters. The summed E-state index contributed by atoms with van der Waals surface area (Å²) in [6.07, 6.45) is -4.15. The van der Waals surface area contributed by atoms with Crippen LogP contribution in [0.2, 0.25) is 0 Å². The van der Waals surface area contributed by atoms with Gasteiger partial charge in [-0.25, -0.2) is 0 Å². The van der Waals surface area contributed by atoms with Crippen LogP contribution in [0.1, 0.15) is 36.9 Å². The lowest BCUT2D eigenvalue weighted by Crippen LogP contribution is -2.27. The zero-order chi connectivity index (χ0) is 14.5. The largest absolute Gasteiger partial charge is 0.481 e. The monoisotopic (exact) mass is 275 g/mol. The van der Waals surface area contributed by atoms with Gasteiger partial charge in [0.2, 0.25) is 0 Å².